The lowest BCUT2D eigenvalue weighted by Crippen LogP contribution is -2.04. The van der Waals surface area contributed by atoms with Crippen LogP contribution in [0.2, 0.25) is 0 Å². The minimum atomic E-state index is 0.809. The van der Waals surface area contributed by atoms with Crippen LogP contribution in [0.15, 0.2) is 23.6 Å². The van der Waals surface area contributed by atoms with Gasteiger partial charge in [0, 0.05) is 28.4 Å². The number of carbonyl (C=O) groups is 1. The zero-order valence-corrected chi connectivity index (χ0v) is 10.4. The van der Waals surface area contributed by atoms with Crippen molar-refractivity contribution in [2.24, 2.45) is 0 Å². The van der Waals surface area contributed by atoms with Crippen molar-refractivity contribution in [3.8, 4) is 0 Å². The molecule has 2 rings (SSSR count). The second-order valence-corrected chi connectivity index (χ2v) is 4.96. The van der Waals surface area contributed by atoms with E-state index in [9.17, 15) is 4.79 Å². The lowest BCUT2D eigenvalue weighted by molar-refractivity contribution is 0.112. The molecule has 0 atom stereocenters. The van der Waals surface area contributed by atoms with E-state index in [1.54, 1.807) is 11.3 Å². The van der Waals surface area contributed by atoms with Gasteiger partial charge in [0.15, 0.2) is 6.29 Å². The molecule has 0 aromatic carbocycles. The molecule has 0 amide bonds. The summed E-state index contributed by atoms with van der Waals surface area (Å²) in [6.45, 7) is 5.01. The minimum absolute atomic E-state index is 0.809. The largest absolute Gasteiger partial charge is 0.348 e. The van der Waals surface area contributed by atoms with Gasteiger partial charge in [-0.05, 0) is 37.8 Å². The fourth-order valence-electron chi connectivity index (χ4n) is 1.97. The summed E-state index contributed by atoms with van der Waals surface area (Å²) < 4.78 is 2.21. The number of carbonyl (C=O) groups excluding carboxylic acids is 1. The monoisotopic (exact) mass is 233 g/mol. The second-order valence-electron chi connectivity index (χ2n) is 3.93. The molecule has 0 aliphatic carbocycles. The zero-order chi connectivity index (χ0) is 11.5. The number of aldehydes is 1. The van der Waals surface area contributed by atoms with Crippen LogP contribution in [-0.2, 0) is 13.0 Å². The van der Waals surface area contributed by atoms with Gasteiger partial charge in [-0.3, -0.25) is 4.79 Å². The van der Waals surface area contributed by atoms with Gasteiger partial charge in [0.25, 0.3) is 0 Å². The molecular weight excluding hydrogens is 218 g/mol. The number of hydrogen-bond donors (Lipinski definition) is 0. The first-order chi connectivity index (χ1) is 7.72. The molecule has 0 aliphatic heterocycles. The molecule has 84 valence electrons. The van der Waals surface area contributed by atoms with Crippen molar-refractivity contribution in [3.63, 3.8) is 0 Å². The maximum absolute atomic E-state index is 10.8. The Labute approximate surface area is 99.5 Å². The smallest absolute Gasteiger partial charge is 0.151 e. The molecule has 16 heavy (non-hydrogen) atoms. The molecule has 2 aromatic rings. The highest BCUT2D eigenvalue weighted by molar-refractivity contribution is 7.09. The van der Waals surface area contributed by atoms with Crippen LogP contribution in [0, 0.1) is 13.8 Å². The molecule has 0 aliphatic rings. The number of aryl methyl sites for hydroxylation is 2. The molecule has 2 aromatic heterocycles. The number of hydrogen-bond acceptors (Lipinski definition) is 2. The number of aromatic nitrogens is 1. The SMILES string of the molecule is Cc1cc(C=O)c(C)n1CCc1cccs1. The summed E-state index contributed by atoms with van der Waals surface area (Å²) in [6.07, 6.45) is 1.97. The van der Waals surface area contributed by atoms with Gasteiger partial charge in [0.1, 0.15) is 0 Å². The molecule has 0 unspecified atom stereocenters. The van der Waals surface area contributed by atoms with E-state index in [-0.39, 0.29) is 0 Å². The van der Waals surface area contributed by atoms with Crippen LogP contribution in [0.1, 0.15) is 26.6 Å². The Morgan fingerprint density at radius 3 is 2.81 bits per heavy atom. The first-order valence-electron chi connectivity index (χ1n) is 5.36. The Morgan fingerprint density at radius 1 is 1.44 bits per heavy atom. The number of thiophene rings is 1. The van der Waals surface area contributed by atoms with Gasteiger partial charge in [-0.25, -0.2) is 0 Å². The van der Waals surface area contributed by atoms with Crippen molar-refractivity contribution in [2.45, 2.75) is 26.8 Å². The van der Waals surface area contributed by atoms with Gasteiger partial charge >= 0.3 is 0 Å². The molecule has 0 radical (unpaired) electrons. The molecule has 0 N–H and O–H groups in total. The summed E-state index contributed by atoms with van der Waals surface area (Å²) in [5.74, 6) is 0. The van der Waals surface area contributed by atoms with Crippen molar-refractivity contribution in [3.05, 3.63) is 45.4 Å². The van der Waals surface area contributed by atoms with Crippen LogP contribution >= 0.6 is 11.3 Å². The van der Waals surface area contributed by atoms with E-state index in [0.29, 0.717) is 0 Å². The van der Waals surface area contributed by atoms with Crippen molar-refractivity contribution >= 4 is 17.6 Å². The Kier molecular flexibility index (Phi) is 3.25. The minimum Gasteiger partial charge on any atom is -0.348 e. The van der Waals surface area contributed by atoms with Crippen molar-refractivity contribution in [2.75, 3.05) is 0 Å². The van der Waals surface area contributed by atoms with E-state index in [4.69, 9.17) is 0 Å². The van der Waals surface area contributed by atoms with E-state index >= 15 is 0 Å². The van der Waals surface area contributed by atoms with E-state index in [1.807, 2.05) is 13.0 Å². The summed E-state index contributed by atoms with van der Waals surface area (Å²) in [7, 11) is 0. The van der Waals surface area contributed by atoms with Crippen LogP contribution in [0.3, 0.4) is 0 Å². The average Bonchev–Trinajstić information content (AvgIpc) is 2.86. The standard InChI is InChI=1S/C13H15NOS/c1-10-8-12(9-15)11(2)14(10)6-5-13-4-3-7-16-13/h3-4,7-9H,5-6H2,1-2H3. The van der Waals surface area contributed by atoms with Crippen molar-refractivity contribution < 1.29 is 4.79 Å². The highest BCUT2D eigenvalue weighted by Crippen LogP contribution is 2.16. The maximum atomic E-state index is 10.8. The van der Waals surface area contributed by atoms with E-state index < -0.39 is 0 Å². The normalized spacial score (nSPS) is 10.6. The van der Waals surface area contributed by atoms with Crippen LogP contribution < -0.4 is 0 Å². The lowest BCUT2D eigenvalue weighted by Gasteiger charge is -2.08. The summed E-state index contributed by atoms with van der Waals surface area (Å²) >= 11 is 1.78. The van der Waals surface area contributed by atoms with E-state index in [1.165, 1.54) is 4.88 Å². The fourth-order valence-corrected chi connectivity index (χ4v) is 2.67. The molecule has 2 nitrogen and oxygen atoms in total. The molecule has 0 spiro atoms. The zero-order valence-electron chi connectivity index (χ0n) is 9.56. The third kappa shape index (κ3) is 2.09. The first kappa shape index (κ1) is 11.1. The van der Waals surface area contributed by atoms with Crippen LogP contribution in [0.5, 0.6) is 0 Å². The van der Waals surface area contributed by atoms with Crippen LogP contribution in [0.25, 0.3) is 0 Å². The fraction of sp³-hybridized carbons (Fsp3) is 0.308. The van der Waals surface area contributed by atoms with Crippen LogP contribution in [0.4, 0.5) is 0 Å². The molecule has 0 saturated carbocycles. The Bertz CT molecular complexity index is 482. The average molecular weight is 233 g/mol. The third-order valence-electron chi connectivity index (χ3n) is 2.90. The molecule has 0 fully saturated rings. The predicted octanol–water partition coefficient (Wildman–Crippen LogP) is 3.22. The van der Waals surface area contributed by atoms with Gasteiger partial charge in [0.2, 0.25) is 0 Å². The summed E-state index contributed by atoms with van der Waals surface area (Å²) in [5, 5.41) is 2.10. The van der Waals surface area contributed by atoms with Gasteiger partial charge in [-0.15, -0.1) is 11.3 Å². The lowest BCUT2D eigenvalue weighted by atomic mass is 10.3. The third-order valence-corrected chi connectivity index (χ3v) is 3.84. The predicted molar refractivity (Wildman–Crippen MR) is 67.3 cm³/mol. The van der Waals surface area contributed by atoms with E-state index in [0.717, 1.165) is 36.2 Å². The maximum Gasteiger partial charge on any atom is 0.151 e. The van der Waals surface area contributed by atoms with Crippen molar-refractivity contribution in [1.29, 1.82) is 0 Å². The Hall–Kier alpha value is -1.35. The molecule has 0 saturated heterocycles. The second kappa shape index (κ2) is 4.66. The highest BCUT2D eigenvalue weighted by Gasteiger charge is 2.07. The highest BCUT2D eigenvalue weighted by atomic mass is 32.1. The number of rotatable bonds is 4. The van der Waals surface area contributed by atoms with Gasteiger partial charge in [-0.1, -0.05) is 6.07 Å². The topological polar surface area (TPSA) is 22.0 Å². The summed E-state index contributed by atoms with van der Waals surface area (Å²) in [5.41, 5.74) is 3.05. The summed E-state index contributed by atoms with van der Waals surface area (Å²) in [4.78, 5) is 12.2. The quantitative estimate of drug-likeness (QED) is 0.743. The van der Waals surface area contributed by atoms with Crippen molar-refractivity contribution in [1.82, 2.24) is 4.57 Å². The van der Waals surface area contributed by atoms with Gasteiger partial charge < -0.3 is 4.57 Å². The molecule has 2 heterocycles. The Balaban J connectivity index is 2.15. The summed E-state index contributed by atoms with van der Waals surface area (Å²) in [6, 6.07) is 6.18. The molecule has 0 bridgehead atoms. The molecule has 3 heteroatoms. The molecular formula is C13H15NOS. The number of nitrogens with zero attached hydrogens (tertiary/aromatic N) is 1. The Morgan fingerprint density at radius 2 is 2.25 bits per heavy atom. The van der Waals surface area contributed by atoms with Crippen LogP contribution in [-0.4, -0.2) is 10.9 Å². The van der Waals surface area contributed by atoms with E-state index in [2.05, 4.69) is 29.0 Å². The first-order valence-corrected chi connectivity index (χ1v) is 6.24. The van der Waals surface area contributed by atoms with Gasteiger partial charge in [0.05, 0.1) is 0 Å². The van der Waals surface area contributed by atoms with Gasteiger partial charge in [-0.2, -0.15) is 0 Å².